The fraction of sp³-hybridized carbons (Fsp3) is 0.250. The number of rotatable bonds is 3. The molecule has 0 aliphatic heterocycles. The summed E-state index contributed by atoms with van der Waals surface area (Å²) in [4.78, 5) is 19.9. The van der Waals surface area contributed by atoms with Gasteiger partial charge in [-0.25, -0.2) is 4.98 Å². The first kappa shape index (κ1) is 9.77. The molecule has 1 aromatic carbocycles. The molecule has 0 radical (unpaired) electrons. The molecule has 0 saturated carbocycles. The van der Waals surface area contributed by atoms with E-state index in [1.165, 1.54) is 0 Å². The number of Topliss-reactive ketones (excluding diaryl/α,β-unsaturated/α-hetero) is 1. The fourth-order valence-electron chi connectivity index (χ4n) is 1.41. The van der Waals surface area contributed by atoms with Crippen molar-refractivity contribution >= 4 is 16.8 Å². The minimum atomic E-state index is 0.194. The maximum atomic E-state index is 11.2. The van der Waals surface area contributed by atoms with Gasteiger partial charge in [-0.3, -0.25) is 9.78 Å². The van der Waals surface area contributed by atoms with E-state index in [9.17, 15) is 4.79 Å². The Hall–Kier alpha value is -1.77. The maximum absolute atomic E-state index is 11.2. The van der Waals surface area contributed by atoms with Gasteiger partial charge < -0.3 is 0 Å². The first-order valence-electron chi connectivity index (χ1n) is 5.02. The van der Waals surface area contributed by atoms with Crippen molar-refractivity contribution in [3.05, 3.63) is 36.2 Å². The summed E-state index contributed by atoms with van der Waals surface area (Å²) in [7, 11) is 0. The van der Waals surface area contributed by atoms with E-state index < -0.39 is 0 Å². The number of carbonyl (C=O) groups is 1. The zero-order chi connectivity index (χ0) is 10.7. The second-order valence-electron chi connectivity index (χ2n) is 3.42. The van der Waals surface area contributed by atoms with E-state index in [2.05, 4.69) is 9.97 Å². The van der Waals surface area contributed by atoms with Crippen molar-refractivity contribution in [3.63, 3.8) is 0 Å². The van der Waals surface area contributed by atoms with Gasteiger partial charge in [0.1, 0.15) is 5.78 Å². The molecule has 0 aliphatic carbocycles. The van der Waals surface area contributed by atoms with E-state index in [0.29, 0.717) is 12.8 Å². The Morgan fingerprint density at radius 1 is 1.27 bits per heavy atom. The van der Waals surface area contributed by atoms with Crippen LogP contribution in [0.1, 0.15) is 19.0 Å². The Kier molecular flexibility index (Phi) is 2.72. The number of benzene rings is 1. The van der Waals surface area contributed by atoms with Crippen LogP contribution in [-0.2, 0) is 11.2 Å². The quantitative estimate of drug-likeness (QED) is 0.762. The van der Waals surface area contributed by atoms with E-state index >= 15 is 0 Å². The topological polar surface area (TPSA) is 42.9 Å². The Labute approximate surface area is 88.2 Å². The van der Waals surface area contributed by atoms with Crippen LogP contribution in [0.4, 0.5) is 0 Å². The van der Waals surface area contributed by atoms with Crippen molar-refractivity contribution in [2.45, 2.75) is 19.8 Å². The zero-order valence-electron chi connectivity index (χ0n) is 8.60. The van der Waals surface area contributed by atoms with Gasteiger partial charge in [-0.05, 0) is 12.1 Å². The van der Waals surface area contributed by atoms with Crippen LogP contribution >= 0.6 is 0 Å². The second-order valence-corrected chi connectivity index (χ2v) is 3.42. The van der Waals surface area contributed by atoms with E-state index in [1.807, 2.05) is 31.2 Å². The summed E-state index contributed by atoms with van der Waals surface area (Å²) in [5.41, 5.74) is 2.46. The van der Waals surface area contributed by atoms with Crippen molar-refractivity contribution in [2.75, 3.05) is 0 Å². The third-order valence-electron chi connectivity index (χ3n) is 2.27. The maximum Gasteiger partial charge on any atom is 0.138 e. The van der Waals surface area contributed by atoms with Crippen molar-refractivity contribution in [1.82, 2.24) is 9.97 Å². The molecular weight excluding hydrogens is 188 g/mol. The smallest absolute Gasteiger partial charge is 0.138 e. The summed E-state index contributed by atoms with van der Waals surface area (Å²) >= 11 is 0. The molecule has 0 spiro atoms. The lowest BCUT2D eigenvalue weighted by Crippen LogP contribution is -2.03. The normalized spacial score (nSPS) is 10.5. The number of ketones is 1. The summed E-state index contributed by atoms with van der Waals surface area (Å²) in [5.74, 6) is 0.194. The van der Waals surface area contributed by atoms with Crippen LogP contribution in [0.2, 0.25) is 0 Å². The lowest BCUT2D eigenvalue weighted by molar-refractivity contribution is -0.118. The van der Waals surface area contributed by atoms with Crippen LogP contribution in [0.3, 0.4) is 0 Å². The van der Waals surface area contributed by atoms with E-state index in [-0.39, 0.29) is 5.78 Å². The molecule has 3 heteroatoms. The van der Waals surface area contributed by atoms with Gasteiger partial charge >= 0.3 is 0 Å². The monoisotopic (exact) mass is 200 g/mol. The average Bonchev–Trinajstić information content (AvgIpc) is 2.29. The van der Waals surface area contributed by atoms with Crippen molar-refractivity contribution in [2.24, 2.45) is 0 Å². The minimum absolute atomic E-state index is 0.194. The molecule has 0 fully saturated rings. The number of nitrogens with zero attached hydrogens (tertiary/aromatic N) is 2. The Morgan fingerprint density at radius 2 is 2.00 bits per heavy atom. The summed E-state index contributed by atoms with van der Waals surface area (Å²) in [6.07, 6.45) is 2.61. The SMILES string of the molecule is CCC(=O)Cc1cnc2ccccc2n1. The van der Waals surface area contributed by atoms with Gasteiger partial charge in [-0.15, -0.1) is 0 Å². The molecule has 76 valence electrons. The summed E-state index contributed by atoms with van der Waals surface area (Å²) in [5, 5.41) is 0. The molecule has 2 rings (SSSR count). The summed E-state index contributed by atoms with van der Waals surface area (Å²) in [6.45, 7) is 1.86. The molecule has 1 aromatic heterocycles. The van der Waals surface area contributed by atoms with Crippen LogP contribution in [0.15, 0.2) is 30.5 Å². The number of aromatic nitrogens is 2. The molecule has 0 atom stereocenters. The van der Waals surface area contributed by atoms with Gasteiger partial charge in [0.15, 0.2) is 0 Å². The fourth-order valence-corrected chi connectivity index (χ4v) is 1.41. The highest BCUT2D eigenvalue weighted by atomic mass is 16.1. The van der Waals surface area contributed by atoms with Gasteiger partial charge in [-0.2, -0.15) is 0 Å². The molecule has 0 bridgehead atoms. The lowest BCUT2D eigenvalue weighted by atomic mass is 10.2. The highest BCUT2D eigenvalue weighted by Crippen LogP contribution is 2.09. The highest BCUT2D eigenvalue weighted by molar-refractivity contribution is 5.81. The Balaban J connectivity index is 2.34. The van der Waals surface area contributed by atoms with Crippen LogP contribution in [0.5, 0.6) is 0 Å². The standard InChI is InChI=1S/C12H12N2O/c1-2-10(15)7-9-8-13-11-5-3-4-6-12(11)14-9/h3-6,8H,2,7H2,1H3. The molecule has 0 saturated heterocycles. The molecule has 3 nitrogen and oxygen atoms in total. The van der Waals surface area contributed by atoms with Crippen molar-refractivity contribution in [1.29, 1.82) is 0 Å². The summed E-state index contributed by atoms with van der Waals surface area (Å²) in [6, 6.07) is 7.66. The predicted molar refractivity (Wildman–Crippen MR) is 58.5 cm³/mol. The van der Waals surface area contributed by atoms with Crippen LogP contribution in [-0.4, -0.2) is 15.8 Å². The number of hydrogen-bond acceptors (Lipinski definition) is 3. The average molecular weight is 200 g/mol. The third-order valence-corrected chi connectivity index (χ3v) is 2.27. The molecule has 2 aromatic rings. The third kappa shape index (κ3) is 2.18. The van der Waals surface area contributed by atoms with Crippen LogP contribution in [0, 0.1) is 0 Å². The van der Waals surface area contributed by atoms with Gasteiger partial charge in [0, 0.05) is 12.6 Å². The van der Waals surface area contributed by atoms with E-state index in [1.54, 1.807) is 6.20 Å². The van der Waals surface area contributed by atoms with Crippen LogP contribution < -0.4 is 0 Å². The number of hydrogen-bond donors (Lipinski definition) is 0. The highest BCUT2D eigenvalue weighted by Gasteiger charge is 2.03. The molecule has 0 unspecified atom stereocenters. The number of fused-ring (bicyclic) bond motifs is 1. The van der Waals surface area contributed by atoms with Gasteiger partial charge in [0.2, 0.25) is 0 Å². The number of carbonyl (C=O) groups excluding carboxylic acids is 1. The molecule has 0 amide bonds. The predicted octanol–water partition coefficient (Wildman–Crippen LogP) is 2.15. The Bertz CT molecular complexity index is 494. The lowest BCUT2D eigenvalue weighted by Gasteiger charge is -2.00. The minimum Gasteiger partial charge on any atom is -0.299 e. The van der Waals surface area contributed by atoms with Gasteiger partial charge in [0.05, 0.1) is 23.1 Å². The van der Waals surface area contributed by atoms with Gasteiger partial charge in [0.25, 0.3) is 0 Å². The van der Waals surface area contributed by atoms with Crippen molar-refractivity contribution in [3.8, 4) is 0 Å². The van der Waals surface area contributed by atoms with E-state index in [4.69, 9.17) is 0 Å². The molecule has 1 heterocycles. The first-order valence-corrected chi connectivity index (χ1v) is 5.02. The van der Waals surface area contributed by atoms with Crippen LogP contribution in [0.25, 0.3) is 11.0 Å². The Morgan fingerprint density at radius 3 is 2.73 bits per heavy atom. The molecule has 0 N–H and O–H groups in total. The largest absolute Gasteiger partial charge is 0.299 e. The summed E-state index contributed by atoms with van der Waals surface area (Å²) < 4.78 is 0. The number of para-hydroxylation sites is 2. The molecule has 15 heavy (non-hydrogen) atoms. The van der Waals surface area contributed by atoms with E-state index in [0.717, 1.165) is 16.7 Å². The molecular formula is C12H12N2O. The van der Waals surface area contributed by atoms with Crippen molar-refractivity contribution < 1.29 is 4.79 Å². The second kappa shape index (κ2) is 4.17. The van der Waals surface area contributed by atoms with Gasteiger partial charge in [-0.1, -0.05) is 19.1 Å². The zero-order valence-corrected chi connectivity index (χ0v) is 8.60. The molecule has 0 aliphatic rings. The first-order chi connectivity index (χ1) is 7.29.